The molecule has 2 aromatic carbocycles. The van der Waals surface area contributed by atoms with Gasteiger partial charge in [-0.3, -0.25) is 4.79 Å². The average Bonchev–Trinajstić information content (AvgIpc) is 2.64. The maximum absolute atomic E-state index is 13.0. The summed E-state index contributed by atoms with van der Waals surface area (Å²) in [5, 5.41) is 21.2. The number of carbonyl (C=O) groups excluding carboxylic acids is 2. The summed E-state index contributed by atoms with van der Waals surface area (Å²) in [7, 11) is -2.02. The first-order valence-corrected chi connectivity index (χ1v) is 10.3. The summed E-state index contributed by atoms with van der Waals surface area (Å²) in [6, 6.07) is 10.1. The molecule has 31 heavy (non-hydrogen) atoms. The Morgan fingerprint density at radius 2 is 1.71 bits per heavy atom. The zero-order valence-electron chi connectivity index (χ0n) is 17.5. The molecule has 0 spiro atoms. The first-order chi connectivity index (χ1) is 14.4. The molecule has 9 nitrogen and oxygen atoms in total. The van der Waals surface area contributed by atoms with Crippen LogP contribution in [-0.2, 0) is 20.5 Å². The lowest BCUT2D eigenvalue weighted by Crippen LogP contribution is -2.42. The molecule has 0 aliphatic heterocycles. The molecule has 0 bridgehead atoms. The molecule has 0 saturated heterocycles. The van der Waals surface area contributed by atoms with Crippen LogP contribution in [0.15, 0.2) is 47.4 Å². The quantitative estimate of drug-likeness (QED) is 0.617. The number of aromatic carboxylic acids is 1. The third kappa shape index (κ3) is 6.82. The van der Waals surface area contributed by atoms with E-state index in [1.807, 2.05) is 6.92 Å². The van der Waals surface area contributed by atoms with Crippen molar-refractivity contribution in [2.24, 2.45) is 0 Å². The van der Waals surface area contributed by atoms with Gasteiger partial charge < -0.3 is 20.3 Å². The molecule has 0 aliphatic rings. The largest absolute Gasteiger partial charge is 0.507 e. The van der Waals surface area contributed by atoms with E-state index in [9.17, 15) is 23.7 Å². The number of aromatic hydroxyl groups is 1. The van der Waals surface area contributed by atoms with E-state index in [2.05, 4.69) is 5.32 Å². The molecule has 0 fully saturated rings. The van der Waals surface area contributed by atoms with Crippen molar-refractivity contribution in [3.63, 3.8) is 0 Å². The molecule has 0 heterocycles. The molecular weight excluding hydrogens is 424 g/mol. The first-order valence-electron chi connectivity index (χ1n) is 9.22. The van der Waals surface area contributed by atoms with E-state index in [0.29, 0.717) is 4.90 Å². The summed E-state index contributed by atoms with van der Waals surface area (Å²) >= 11 is 0. The smallest absolute Gasteiger partial charge is 0.423 e. The number of amides is 2. The SMILES string of the molecule is Cc1ccc(S(=O)N(CC(=O)Nc2ccc(C(=O)O)c(O)c2)C(=O)OC(C)(C)C)cc1. The third-order valence-electron chi connectivity index (χ3n) is 3.82. The highest BCUT2D eigenvalue weighted by Crippen LogP contribution is 2.22. The minimum atomic E-state index is -2.02. The molecule has 2 aromatic rings. The summed E-state index contributed by atoms with van der Waals surface area (Å²) in [6.45, 7) is 6.19. The Morgan fingerprint density at radius 3 is 2.23 bits per heavy atom. The fourth-order valence-electron chi connectivity index (χ4n) is 2.41. The second kappa shape index (κ2) is 9.61. The average molecular weight is 448 g/mol. The Hall–Kier alpha value is -3.40. The van der Waals surface area contributed by atoms with Gasteiger partial charge in [0.1, 0.15) is 23.5 Å². The van der Waals surface area contributed by atoms with Crippen molar-refractivity contribution in [2.75, 3.05) is 11.9 Å². The fourth-order valence-corrected chi connectivity index (χ4v) is 3.44. The van der Waals surface area contributed by atoms with Gasteiger partial charge in [0.25, 0.3) is 0 Å². The van der Waals surface area contributed by atoms with E-state index in [4.69, 9.17) is 9.84 Å². The van der Waals surface area contributed by atoms with E-state index in [0.717, 1.165) is 22.0 Å². The standard InChI is InChI=1S/C21H24N2O7S/c1-13-5-8-15(9-6-13)31(29)23(20(28)30-21(2,3)4)12-18(25)22-14-7-10-16(19(26)27)17(24)11-14/h5-11,24H,12H2,1-4H3,(H,22,25)(H,26,27). The van der Waals surface area contributed by atoms with Gasteiger partial charge in [-0.1, -0.05) is 17.7 Å². The highest BCUT2D eigenvalue weighted by molar-refractivity contribution is 7.83. The zero-order chi connectivity index (χ0) is 23.3. The van der Waals surface area contributed by atoms with E-state index in [1.165, 1.54) is 6.07 Å². The summed E-state index contributed by atoms with van der Waals surface area (Å²) in [6.07, 6.45) is -0.939. The van der Waals surface area contributed by atoms with Crippen molar-refractivity contribution < 1.29 is 33.5 Å². The second-order valence-electron chi connectivity index (χ2n) is 7.66. The molecular formula is C21H24N2O7S. The molecule has 0 aliphatic carbocycles. The number of ether oxygens (including phenoxy) is 1. The van der Waals surface area contributed by atoms with Crippen LogP contribution in [0, 0.1) is 6.92 Å². The Balaban J connectivity index is 2.23. The third-order valence-corrected chi connectivity index (χ3v) is 5.17. The molecule has 0 aromatic heterocycles. The second-order valence-corrected chi connectivity index (χ2v) is 9.07. The Bertz CT molecular complexity index is 1010. The Labute approximate surface area is 182 Å². The summed E-state index contributed by atoms with van der Waals surface area (Å²) in [5.41, 5.74) is -0.152. The van der Waals surface area contributed by atoms with Gasteiger partial charge in [0.2, 0.25) is 5.91 Å². The van der Waals surface area contributed by atoms with Gasteiger partial charge in [-0.2, -0.15) is 0 Å². The monoisotopic (exact) mass is 448 g/mol. The molecule has 1 unspecified atom stereocenters. The predicted molar refractivity (Wildman–Crippen MR) is 114 cm³/mol. The first kappa shape index (κ1) is 23.9. The van der Waals surface area contributed by atoms with Crippen LogP contribution in [-0.4, -0.2) is 48.8 Å². The lowest BCUT2D eigenvalue weighted by molar-refractivity contribution is -0.116. The topological polar surface area (TPSA) is 133 Å². The maximum Gasteiger partial charge on any atom is 0.423 e. The molecule has 0 radical (unpaired) electrons. The van der Waals surface area contributed by atoms with Gasteiger partial charge >= 0.3 is 12.1 Å². The number of aryl methyl sites for hydroxylation is 1. The number of carboxylic acid groups (broad SMARTS) is 1. The molecule has 0 saturated carbocycles. The number of carbonyl (C=O) groups is 3. The minimum Gasteiger partial charge on any atom is -0.507 e. The van der Waals surface area contributed by atoms with Gasteiger partial charge in [0.05, 0.1) is 4.90 Å². The van der Waals surface area contributed by atoms with Crippen LogP contribution in [0.5, 0.6) is 5.75 Å². The highest BCUT2D eigenvalue weighted by atomic mass is 32.2. The van der Waals surface area contributed by atoms with Crippen LogP contribution in [0.25, 0.3) is 0 Å². The normalized spacial score (nSPS) is 12.0. The van der Waals surface area contributed by atoms with Gasteiger partial charge in [-0.15, -0.1) is 0 Å². The van der Waals surface area contributed by atoms with Crippen LogP contribution >= 0.6 is 0 Å². The fraction of sp³-hybridized carbons (Fsp3) is 0.286. The van der Waals surface area contributed by atoms with Crippen LogP contribution < -0.4 is 5.32 Å². The summed E-state index contributed by atoms with van der Waals surface area (Å²) in [5.74, 6) is -2.56. The van der Waals surface area contributed by atoms with Crippen molar-refractivity contribution in [1.29, 1.82) is 0 Å². The Kier molecular flexibility index (Phi) is 7.40. The lowest BCUT2D eigenvalue weighted by atomic mass is 10.2. The number of anilines is 1. The zero-order valence-corrected chi connectivity index (χ0v) is 18.4. The van der Waals surface area contributed by atoms with Gasteiger partial charge in [0.15, 0.2) is 11.0 Å². The van der Waals surface area contributed by atoms with Crippen LogP contribution in [0.2, 0.25) is 0 Å². The number of nitrogens with one attached hydrogen (secondary N) is 1. The molecule has 10 heteroatoms. The molecule has 2 amide bonds. The summed E-state index contributed by atoms with van der Waals surface area (Å²) in [4.78, 5) is 36.4. The number of hydrogen-bond donors (Lipinski definition) is 3. The van der Waals surface area contributed by atoms with Gasteiger partial charge in [0, 0.05) is 11.8 Å². The number of phenols is 1. The van der Waals surface area contributed by atoms with E-state index in [1.54, 1.807) is 45.0 Å². The van der Waals surface area contributed by atoms with Crippen molar-refractivity contribution in [2.45, 2.75) is 38.2 Å². The van der Waals surface area contributed by atoms with Gasteiger partial charge in [-0.25, -0.2) is 18.1 Å². The molecule has 1 atom stereocenters. The predicted octanol–water partition coefficient (Wildman–Crippen LogP) is 3.30. The Morgan fingerprint density at radius 1 is 1.10 bits per heavy atom. The minimum absolute atomic E-state index is 0.109. The highest BCUT2D eigenvalue weighted by Gasteiger charge is 2.29. The number of hydrogen-bond acceptors (Lipinski definition) is 6. The molecule has 3 N–H and O–H groups in total. The van der Waals surface area contributed by atoms with Crippen LogP contribution in [0.3, 0.4) is 0 Å². The maximum atomic E-state index is 13.0. The number of carboxylic acids is 1. The van der Waals surface area contributed by atoms with Crippen LogP contribution in [0.1, 0.15) is 36.7 Å². The van der Waals surface area contributed by atoms with E-state index < -0.39 is 46.9 Å². The van der Waals surface area contributed by atoms with E-state index >= 15 is 0 Å². The summed E-state index contributed by atoms with van der Waals surface area (Å²) < 4.78 is 19.1. The molecule has 166 valence electrons. The number of benzene rings is 2. The van der Waals surface area contributed by atoms with Crippen molar-refractivity contribution in [3.8, 4) is 5.75 Å². The number of rotatable bonds is 6. The van der Waals surface area contributed by atoms with E-state index in [-0.39, 0.29) is 11.3 Å². The van der Waals surface area contributed by atoms with Gasteiger partial charge in [-0.05, 0) is 52.0 Å². The number of nitrogens with zero attached hydrogens (tertiary/aromatic N) is 1. The van der Waals surface area contributed by atoms with Crippen LogP contribution in [0.4, 0.5) is 10.5 Å². The van der Waals surface area contributed by atoms with Crippen molar-refractivity contribution >= 4 is 34.6 Å². The van der Waals surface area contributed by atoms with Crippen molar-refractivity contribution in [3.05, 3.63) is 53.6 Å². The lowest BCUT2D eigenvalue weighted by Gasteiger charge is -2.26. The van der Waals surface area contributed by atoms with Crippen molar-refractivity contribution in [1.82, 2.24) is 4.31 Å². The molecule has 2 rings (SSSR count).